The van der Waals surface area contributed by atoms with Gasteiger partial charge in [-0.25, -0.2) is 4.39 Å². The number of hydrogen-bond acceptors (Lipinski definition) is 2. The molecule has 2 aromatic carbocycles. The average molecular weight is 382 g/mol. The molecule has 5 heteroatoms. The number of nitrogens with zero attached hydrogens (tertiary/aromatic N) is 1. The average Bonchev–Trinajstić information content (AvgIpc) is 2.73. The summed E-state index contributed by atoms with van der Waals surface area (Å²) >= 11 is 0. The Morgan fingerprint density at radius 2 is 1.64 bits per heavy atom. The van der Waals surface area contributed by atoms with Crippen molar-refractivity contribution in [3.8, 4) is 0 Å². The zero-order valence-corrected chi connectivity index (χ0v) is 16.5. The van der Waals surface area contributed by atoms with Crippen molar-refractivity contribution in [2.75, 3.05) is 19.6 Å². The van der Waals surface area contributed by atoms with Crippen molar-refractivity contribution < 1.29 is 14.0 Å². The lowest BCUT2D eigenvalue weighted by molar-refractivity contribution is -0.126. The molecule has 0 atom stereocenters. The van der Waals surface area contributed by atoms with Crippen LogP contribution in [0.4, 0.5) is 4.39 Å². The van der Waals surface area contributed by atoms with E-state index in [4.69, 9.17) is 0 Å². The fourth-order valence-electron chi connectivity index (χ4n) is 3.56. The second-order valence-electron chi connectivity index (χ2n) is 8.04. The van der Waals surface area contributed by atoms with E-state index in [0.717, 1.165) is 0 Å². The number of likely N-dealkylation sites (tertiary alicyclic amines) is 1. The molecular formula is C23H27FN2O2. The third-order valence-electron chi connectivity index (χ3n) is 5.50. The molecule has 1 saturated heterocycles. The standard InChI is InChI=1S/C23H27FN2O2/c1-23(2,19-6-4-3-5-7-19)16-25-21(27)17-12-14-26(15-13-17)22(28)18-8-10-20(24)11-9-18/h3-11,17H,12-16H2,1-2H3,(H,25,27). The molecule has 0 radical (unpaired) electrons. The van der Waals surface area contributed by atoms with Crippen LogP contribution >= 0.6 is 0 Å². The van der Waals surface area contributed by atoms with Gasteiger partial charge in [0, 0.05) is 36.5 Å². The molecule has 0 aromatic heterocycles. The Hall–Kier alpha value is -2.69. The lowest BCUT2D eigenvalue weighted by atomic mass is 9.84. The van der Waals surface area contributed by atoms with E-state index in [0.29, 0.717) is 38.0 Å². The molecule has 3 rings (SSSR count). The maximum Gasteiger partial charge on any atom is 0.253 e. The van der Waals surface area contributed by atoms with Crippen LogP contribution in [0.15, 0.2) is 54.6 Å². The molecule has 0 aliphatic carbocycles. The maximum absolute atomic E-state index is 13.0. The first-order valence-corrected chi connectivity index (χ1v) is 9.75. The summed E-state index contributed by atoms with van der Waals surface area (Å²) in [7, 11) is 0. The van der Waals surface area contributed by atoms with Crippen molar-refractivity contribution >= 4 is 11.8 Å². The number of benzene rings is 2. The first-order chi connectivity index (χ1) is 13.4. The van der Waals surface area contributed by atoms with Gasteiger partial charge < -0.3 is 10.2 Å². The summed E-state index contributed by atoms with van der Waals surface area (Å²) in [4.78, 5) is 26.8. The van der Waals surface area contributed by atoms with Gasteiger partial charge in [0.25, 0.3) is 5.91 Å². The highest BCUT2D eigenvalue weighted by Gasteiger charge is 2.29. The molecule has 1 N–H and O–H groups in total. The Morgan fingerprint density at radius 3 is 2.25 bits per heavy atom. The van der Waals surface area contributed by atoms with Crippen molar-refractivity contribution in [3.63, 3.8) is 0 Å². The van der Waals surface area contributed by atoms with E-state index < -0.39 is 0 Å². The lowest BCUT2D eigenvalue weighted by Gasteiger charge is -2.32. The number of amides is 2. The Balaban J connectivity index is 1.50. The Kier molecular flexibility index (Phi) is 6.12. The van der Waals surface area contributed by atoms with Gasteiger partial charge >= 0.3 is 0 Å². The highest BCUT2D eigenvalue weighted by molar-refractivity contribution is 5.94. The monoisotopic (exact) mass is 382 g/mol. The minimum atomic E-state index is -0.356. The van der Waals surface area contributed by atoms with Gasteiger partial charge in [0.05, 0.1) is 0 Å². The zero-order chi connectivity index (χ0) is 20.1. The summed E-state index contributed by atoms with van der Waals surface area (Å²) in [5.74, 6) is -0.490. The summed E-state index contributed by atoms with van der Waals surface area (Å²) in [6.07, 6.45) is 1.29. The van der Waals surface area contributed by atoms with Crippen LogP contribution < -0.4 is 5.32 Å². The molecule has 0 bridgehead atoms. The molecule has 1 aliphatic heterocycles. The molecule has 2 amide bonds. The molecule has 4 nitrogen and oxygen atoms in total. The summed E-state index contributed by atoms with van der Waals surface area (Å²) in [5, 5.41) is 3.09. The van der Waals surface area contributed by atoms with Gasteiger partial charge in [0.15, 0.2) is 0 Å². The topological polar surface area (TPSA) is 49.4 Å². The van der Waals surface area contributed by atoms with Gasteiger partial charge in [-0.3, -0.25) is 9.59 Å². The molecule has 1 aliphatic rings. The van der Waals surface area contributed by atoms with Crippen molar-refractivity contribution in [1.29, 1.82) is 0 Å². The van der Waals surface area contributed by atoms with E-state index in [2.05, 4.69) is 31.3 Å². The Morgan fingerprint density at radius 1 is 1.04 bits per heavy atom. The second-order valence-corrected chi connectivity index (χ2v) is 8.04. The van der Waals surface area contributed by atoms with Crippen molar-refractivity contribution in [2.24, 2.45) is 5.92 Å². The lowest BCUT2D eigenvalue weighted by Crippen LogP contribution is -2.45. The molecule has 0 unspecified atom stereocenters. The molecular weight excluding hydrogens is 355 g/mol. The predicted molar refractivity (Wildman–Crippen MR) is 108 cm³/mol. The second kappa shape index (κ2) is 8.55. The van der Waals surface area contributed by atoms with Crippen LogP contribution in [0.25, 0.3) is 0 Å². The van der Waals surface area contributed by atoms with E-state index in [1.807, 2.05) is 18.2 Å². The normalized spacial score (nSPS) is 15.3. The first-order valence-electron chi connectivity index (χ1n) is 9.75. The van der Waals surface area contributed by atoms with E-state index in [1.165, 1.54) is 29.8 Å². The molecule has 148 valence electrons. The maximum atomic E-state index is 13.0. The van der Waals surface area contributed by atoms with Crippen LogP contribution in [-0.2, 0) is 10.2 Å². The third kappa shape index (κ3) is 4.77. The quantitative estimate of drug-likeness (QED) is 0.856. The van der Waals surface area contributed by atoms with Crippen molar-refractivity contribution in [3.05, 3.63) is 71.5 Å². The number of carbonyl (C=O) groups is 2. The number of carbonyl (C=O) groups excluding carboxylic acids is 2. The van der Waals surface area contributed by atoms with E-state index in [9.17, 15) is 14.0 Å². The fraction of sp³-hybridized carbons (Fsp3) is 0.391. The number of halogens is 1. The molecule has 0 saturated carbocycles. The smallest absolute Gasteiger partial charge is 0.253 e. The van der Waals surface area contributed by atoms with Gasteiger partial charge in [-0.1, -0.05) is 44.2 Å². The Bertz CT molecular complexity index is 810. The first kappa shape index (κ1) is 20.1. The van der Waals surface area contributed by atoms with Gasteiger partial charge in [0.1, 0.15) is 5.82 Å². The highest BCUT2D eigenvalue weighted by Crippen LogP contribution is 2.23. The minimum absolute atomic E-state index is 0.0536. The van der Waals surface area contributed by atoms with Crippen LogP contribution in [0.1, 0.15) is 42.6 Å². The van der Waals surface area contributed by atoms with Crippen LogP contribution in [-0.4, -0.2) is 36.3 Å². The summed E-state index contributed by atoms with van der Waals surface area (Å²) in [6.45, 7) is 5.89. The van der Waals surface area contributed by atoms with Crippen LogP contribution in [0.3, 0.4) is 0 Å². The van der Waals surface area contributed by atoms with Crippen molar-refractivity contribution in [1.82, 2.24) is 10.2 Å². The third-order valence-corrected chi connectivity index (χ3v) is 5.50. The molecule has 2 aromatic rings. The summed E-state index contributed by atoms with van der Waals surface area (Å²) in [6, 6.07) is 15.7. The number of nitrogens with one attached hydrogen (secondary N) is 1. The SMILES string of the molecule is CC(C)(CNC(=O)C1CCN(C(=O)c2ccc(F)cc2)CC1)c1ccccc1. The van der Waals surface area contributed by atoms with Gasteiger partial charge in [-0.05, 0) is 42.7 Å². The molecule has 1 fully saturated rings. The summed E-state index contributed by atoms with van der Waals surface area (Å²) < 4.78 is 13.0. The largest absolute Gasteiger partial charge is 0.355 e. The van der Waals surface area contributed by atoms with Gasteiger partial charge in [-0.2, -0.15) is 0 Å². The van der Waals surface area contributed by atoms with Gasteiger partial charge in [0.2, 0.25) is 5.91 Å². The molecule has 28 heavy (non-hydrogen) atoms. The highest BCUT2D eigenvalue weighted by atomic mass is 19.1. The minimum Gasteiger partial charge on any atom is -0.355 e. The van der Waals surface area contributed by atoms with E-state index >= 15 is 0 Å². The molecule has 0 spiro atoms. The predicted octanol–water partition coefficient (Wildman–Crippen LogP) is 3.77. The van der Waals surface area contributed by atoms with Crippen LogP contribution in [0.5, 0.6) is 0 Å². The van der Waals surface area contributed by atoms with Crippen LogP contribution in [0.2, 0.25) is 0 Å². The fourth-order valence-corrected chi connectivity index (χ4v) is 3.56. The number of rotatable bonds is 5. The number of piperidine rings is 1. The Labute approximate surface area is 165 Å². The van der Waals surface area contributed by atoms with Crippen LogP contribution in [0, 0.1) is 11.7 Å². The zero-order valence-electron chi connectivity index (χ0n) is 16.5. The van der Waals surface area contributed by atoms with Crippen molar-refractivity contribution in [2.45, 2.75) is 32.1 Å². The molecule has 1 heterocycles. The number of hydrogen-bond donors (Lipinski definition) is 1. The van der Waals surface area contributed by atoms with Gasteiger partial charge in [-0.15, -0.1) is 0 Å². The summed E-state index contributed by atoms with van der Waals surface area (Å²) in [5.41, 5.74) is 1.53. The van der Waals surface area contributed by atoms with E-state index in [-0.39, 0.29) is 29.0 Å². The van der Waals surface area contributed by atoms with E-state index in [1.54, 1.807) is 4.90 Å².